The van der Waals surface area contributed by atoms with Gasteiger partial charge in [0.15, 0.2) is 0 Å². The zero-order valence-electron chi connectivity index (χ0n) is 12.3. The minimum Gasteiger partial charge on any atom is -0.478 e. The quantitative estimate of drug-likeness (QED) is 0.889. The number of aromatic carboxylic acids is 1. The first-order chi connectivity index (χ1) is 10.6. The van der Waals surface area contributed by atoms with Gasteiger partial charge >= 0.3 is 5.97 Å². The van der Waals surface area contributed by atoms with Gasteiger partial charge in [0.1, 0.15) is 11.9 Å². The lowest BCUT2D eigenvalue weighted by atomic mass is 9.95. The molecule has 2 rings (SSSR count). The third-order valence-corrected chi connectivity index (χ3v) is 3.53. The molecule has 2 aromatic rings. The number of nitrogens with zero attached hydrogens (tertiary/aromatic N) is 1. The second-order valence-corrected chi connectivity index (χ2v) is 5.10. The molecule has 1 N–H and O–H groups in total. The van der Waals surface area contributed by atoms with Crippen LogP contribution in [0, 0.1) is 17.1 Å². The van der Waals surface area contributed by atoms with Gasteiger partial charge < -0.3 is 5.11 Å². The van der Waals surface area contributed by atoms with Crippen LogP contribution in [0.25, 0.3) is 11.1 Å². The molecule has 0 amide bonds. The van der Waals surface area contributed by atoms with E-state index in [4.69, 9.17) is 5.26 Å². The molecule has 0 saturated heterocycles. The zero-order chi connectivity index (χ0) is 16.1. The first-order valence-electron chi connectivity index (χ1n) is 7.13. The number of halogens is 1. The number of aryl methyl sites for hydroxylation is 1. The minimum atomic E-state index is -1.05. The highest BCUT2D eigenvalue weighted by molar-refractivity contribution is 5.96. The highest BCUT2D eigenvalue weighted by Gasteiger charge is 2.14. The lowest BCUT2D eigenvalue weighted by Gasteiger charge is -2.10. The summed E-state index contributed by atoms with van der Waals surface area (Å²) in [7, 11) is 0. The van der Waals surface area contributed by atoms with E-state index in [1.54, 1.807) is 30.3 Å². The smallest absolute Gasteiger partial charge is 0.336 e. The summed E-state index contributed by atoms with van der Waals surface area (Å²) >= 11 is 0. The van der Waals surface area contributed by atoms with Gasteiger partial charge in [0.25, 0.3) is 0 Å². The molecule has 0 heterocycles. The number of unbranched alkanes of at least 4 members (excludes halogenated alkanes) is 1. The summed E-state index contributed by atoms with van der Waals surface area (Å²) in [5.41, 5.74) is 2.04. The van der Waals surface area contributed by atoms with E-state index in [1.165, 1.54) is 12.1 Å². The van der Waals surface area contributed by atoms with Crippen molar-refractivity contribution in [3.8, 4) is 17.2 Å². The number of carboxylic acids is 1. The maximum absolute atomic E-state index is 13.8. The molecule has 0 aromatic heterocycles. The van der Waals surface area contributed by atoms with Gasteiger partial charge in [-0.3, -0.25) is 0 Å². The van der Waals surface area contributed by atoms with Crippen LogP contribution in [0.2, 0.25) is 0 Å². The van der Waals surface area contributed by atoms with Crippen molar-refractivity contribution in [3.63, 3.8) is 0 Å². The topological polar surface area (TPSA) is 61.1 Å². The lowest BCUT2D eigenvalue weighted by molar-refractivity contribution is 0.0697. The molecular formula is C18H16FNO2. The highest BCUT2D eigenvalue weighted by Crippen LogP contribution is 2.27. The van der Waals surface area contributed by atoms with Crippen molar-refractivity contribution in [2.24, 2.45) is 0 Å². The van der Waals surface area contributed by atoms with Gasteiger partial charge in [-0.2, -0.15) is 5.26 Å². The Morgan fingerprint density at radius 2 is 2.05 bits per heavy atom. The van der Waals surface area contributed by atoms with Crippen molar-refractivity contribution in [2.45, 2.75) is 26.2 Å². The predicted molar refractivity (Wildman–Crippen MR) is 82.1 cm³/mol. The number of hydrogen-bond acceptors (Lipinski definition) is 2. The van der Waals surface area contributed by atoms with Gasteiger partial charge in [-0.05, 0) is 47.7 Å². The van der Waals surface area contributed by atoms with Gasteiger partial charge in [-0.1, -0.05) is 31.5 Å². The third kappa shape index (κ3) is 3.32. The predicted octanol–water partition coefficient (Wildman–Crippen LogP) is 4.41. The molecule has 0 fully saturated rings. The summed E-state index contributed by atoms with van der Waals surface area (Å²) in [5, 5.41) is 18.1. The summed E-state index contributed by atoms with van der Waals surface area (Å²) < 4.78 is 13.8. The number of rotatable bonds is 5. The second-order valence-electron chi connectivity index (χ2n) is 5.10. The van der Waals surface area contributed by atoms with Crippen molar-refractivity contribution < 1.29 is 14.3 Å². The van der Waals surface area contributed by atoms with Gasteiger partial charge in [0.2, 0.25) is 0 Å². The van der Waals surface area contributed by atoms with E-state index >= 15 is 0 Å². The number of hydrogen-bond donors (Lipinski definition) is 1. The Bertz CT molecular complexity index is 747. The van der Waals surface area contributed by atoms with Gasteiger partial charge in [-0.15, -0.1) is 0 Å². The molecule has 0 spiro atoms. The van der Waals surface area contributed by atoms with E-state index in [0.29, 0.717) is 11.1 Å². The Morgan fingerprint density at radius 3 is 2.64 bits per heavy atom. The van der Waals surface area contributed by atoms with E-state index in [-0.39, 0.29) is 11.1 Å². The van der Waals surface area contributed by atoms with E-state index in [9.17, 15) is 14.3 Å². The molecule has 0 saturated carbocycles. The third-order valence-electron chi connectivity index (χ3n) is 3.53. The van der Waals surface area contributed by atoms with Crippen molar-refractivity contribution >= 4 is 5.97 Å². The van der Waals surface area contributed by atoms with Crippen LogP contribution < -0.4 is 0 Å². The Labute approximate surface area is 128 Å². The van der Waals surface area contributed by atoms with Gasteiger partial charge in [0.05, 0.1) is 11.1 Å². The molecule has 0 unspecified atom stereocenters. The average molecular weight is 297 g/mol. The first kappa shape index (κ1) is 15.7. The fraction of sp³-hybridized carbons (Fsp3) is 0.222. The SMILES string of the molecule is CCCCc1ccc(C(=O)O)c(-c2ccc(C#N)c(F)c2)c1. The summed E-state index contributed by atoms with van der Waals surface area (Å²) in [5.74, 6) is -1.70. The molecule has 0 aliphatic rings. The molecule has 3 nitrogen and oxygen atoms in total. The van der Waals surface area contributed by atoms with Gasteiger partial charge in [-0.25, -0.2) is 9.18 Å². The molecule has 0 atom stereocenters. The number of carboxylic acid groups (broad SMARTS) is 1. The normalized spacial score (nSPS) is 10.2. The second kappa shape index (κ2) is 6.86. The molecule has 22 heavy (non-hydrogen) atoms. The molecule has 0 radical (unpaired) electrons. The maximum Gasteiger partial charge on any atom is 0.336 e. The summed E-state index contributed by atoms with van der Waals surface area (Å²) in [6.45, 7) is 2.09. The Hall–Kier alpha value is -2.67. The molecule has 112 valence electrons. The molecular weight excluding hydrogens is 281 g/mol. The van der Waals surface area contributed by atoms with E-state index in [1.807, 2.05) is 0 Å². The van der Waals surface area contributed by atoms with Gasteiger partial charge in [0, 0.05) is 0 Å². The number of nitriles is 1. The summed E-state index contributed by atoms with van der Waals surface area (Å²) in [6, 6.07) is 11.1. The fourth-order valence-electron chi connectivity index (χ4n) is 2.33. The van der Waals surface area contributed by atoms with Crippen LogP contribution in [-0.4, -0.2) is 11.1 Å². The standard InChI is InChI=1S/C18H16FNO2/c1-2-3-4-12-5-8-15(18(21)22)16(9-12)13-6-7-14(11-20)17(19)10-13/h5-10H,2-4H2,1H3,(H,21,22). The largest absolute Gasteiger partial charge is 0.478 e. The molecule has 0 aliphatic heterocycles. The van der Waals surface area contributed by atoms with Crippen molar-refractivity contribution in [1.82, 2.24) is 0 Å². The van der Waals surface area contributed by atoms with Crippen LogP contribution >= 0.6 is 0 Å². The summed E-state index contributed by atoms with van der Waals surface area (Å²) in [6.07, 6.45) is 2.90. The first-order valence-corrected chi connectivity index (χ1v) is 7.13. The highest BCUT2D eigenvalue weighted by atomic mass is 19.1. The Balaban J connectivity index is 2.53. The zero-order valence-corrected chi connectivity index (χ0v) is 12.3. The van der Waals surface area contributed by atoms with E-state index < -0.39 is 11.8 Å². The van der Waals surface area contributed by atoms with Crippen LogP contribution in [0.15, 0.2) is 36.4 Å². The molecule has 0 aliphatic carbocycles. The minimum absolute atomic E-state index is 0.0530. The Morgan fingerprint density at radius 1 is 1.27 bits per heavy atom. The van der Waals surface area contributed by atoms with Crippen LogP contribution in [0.5, 0.6) is 0 Å². The number of benzene rings is 2. The molecule has 4 heteroatoms. The van der Waals surface area contributed by atoms with E-state index in [2.05, 4.69) is 6.92 Å². The van der Waals surface area contributed by atoms with Crippen LogP contribution in [0.1, 0.15) is 41.3 Å². The van der Waals surface area contributed by atoms with Crippen molar-refractivity contribution in [3.05, 3.63) is 58.9 Å². The lowest BCUT2D eigenvalue weighted by Crippen LogP contribution is -2.01. The number of carbonyl (C=O) groups is 1. The fourth-order valence-corrected chi connectivity index (χ4v) is 2.33. The Kier molecular flexibility index (Phi) is 4.90. The molecule has 0 bridgehead atoms. The van der Waals surface area contributed by atoms with Crippen LogP contribution in [0.3, 0.4) is 0 Å². The summed E-state index contributed by atoms with van der Waals surface area (Å²) in [4.78, 5) is 11.4. The van der Waals surface area contributed by atoms with Crippen LogP contribution in [-0.2, 0) is 6.42 Å². The molecule has 2 aromatic carbocycles. The monoisotopic (exact) mass is 297 g/mol. The average Bonchev–Trinajstić information content (AvgIpc) is 2.52. The van der Waals surface area contributed by atoms with Crippen molar-refractivity contribution in [2.75, 3.05) is 0 Å². The van der Waals surface area contributed by atoms with Crippen molar-refractivity contribution in [1.29, 1.82) is 5.26 Å². The van der Waals surface area contributed by atoms with E-state index in [0.717, 1.165) is 24.8 Å². The maximum atomic E-state index is 13.8. The van der Waals surface area contributed by atoms with Crippen LogP contribution in [0.4, 0.5) is 4.39 Å².